The molecule has 9 nitrogen and oxygen atoms in total. The lowest BCUT2D eigenvalue weighted by Crippen LogP contribution is -2.49. The van der Waals surface area contributed by atoms with Crippen LogP contribution in [0.15, 0.2) is 29.0 Å². The first kappa shape index (κ1) is 16.8. The van der Waals surface area contributed by atoms with E-state index in [0.29, 0.717) is 37.9 Å². The lowest BCUT2D eigenvalue weighted by atomic mass is 10.3. The molecule has 2 aliphatic heterocycles. The van der Waals surface area contributed by atoms with Gasteiger partial charge in [0, 0.05) is 52.4 Å². The highest BCUT2D eigenvalue weighted by Gasteiger charge is 2.25. The molecule has 2 aliphatic rings. The van der Waals surface area contributed by atoms with Gasteiger partial charge in [-0.3, -0.25) is 4.79 Å². The van der Waals surface area contributed by atoms with Gasteiger partial charge in [0.05, 0.1) is 12.5 Å². The third kappa shape index (κ3) is 3.48. The van der Waals surface area contributed by atoms with Crippen LogP contribution in [-0.2, 0) is 0 Å². The Labute approximate surface area is 152 Å². The Bertz CT molecular complexity index is 735. The van der Waals surface area contributed by atoms with Gasteiger partial charge < -0.3 is 24.0 Å². The van der Waals surface area contributed by atoms with E-state index >= 15 is 0 Å². The largest absolute Gasteiger partial charge is 0.459 e. The molecular weight excluding hydrogens is 334 g/mol. The molecule has 0 bridgehead atoms. The van der Waals surface area contributed by atoms with Gasteiger partial charge in [-0.15, -0.1) is 5.10 Å². The Morgan fingerprint density at radius 1 is 1.04 bits per heavy atom. The summed E-state index contributed by atoms with van der Waals surface area (Å²) in [5.74, 6) is 1.82. The average molecular weight is 357 g/mol. The number of carbonyl (C=O) groups is 1. The maximum absolute atomic E-state index is 12.4. The second kappa shape index (κ2) is 7.28. The molecule has 2 fully saturated rings. The molecular formula is C17H23N7O2. The maximum Gasteiger partial charge on any atom is 0.289 e. The number of piperazine rings is 2. The van der Waals surface area contributed by atoms with Crippen LogP contribution >= 0.6 is 0 Å². The summed E-state index contributed by atoms with van der Waals surface area (Å²) < 4.78 is 5.20. The standard InChI is InChI=1S/C17H23N7O2/c1-21-4-6-22(7-5-21)15-13-18-20-17(19-15)24-10-8-23(9-11-24)16(25)14-3-2-12-26-14/h2-3,12-13H,4-11H2,1H3. The predicted octanol–water partition coefficient (Wildman–Crippen LogP) is 0.179. The Morgan fingerprint density at radius 3 is 2.46 bits per heavy atom. The number of nitrogens with zero attached hydrogens (tertiary/aromatic N) is 7. The number of carbonyl (C=O) groups excluding carboxylic acids is 1. The Morgan fingerprint density at radius 2 is 1.77 bits per heavy atom. The lowest BCUT2D eigenvalue weighted by molar-refractivity contribution is 0.0714. The van der Waals surface area contributed by atoms with Crippen LogP contribution in [0.4, 0.5) is 11.8 Å². The van der Waals surface area contributed by atoms with Crippen LogP contribution in [-0.4, -0.2) is 90.3 Å². The second-order valence-corrected chi connectivity index (χ2v) is 6.66. The third-order valence-electron chi connectivity index (χ3n) is 4.94. The van der Waals surface area contributed by atoms with E-state index in [1.165, 1.54) is 6.26 Å². The minimum Gasteiger partial charge on any atom is -0.459 e. The van der Waals surface area contributed by atoms with Crippen molar-refractivity contribution in [3.05, 3.63) is 30.4 Å². The van der Waals surface area contributed by atoms with Crippen LogP contribution < -0.4 is 9.80 Å². The summed E-state index contributed by atoms with van der Waals surface area (Å²) in [6, 6.07) is 3.42. The highest BCUT2D eigenvalue weighted by atomic mass is 16.3. The van der Waals surface area contributed by atoms with Gasteiger partial charge in [0.25, 0.3) is 5.91 Å². The van der Waals surface area contributed by atoms with E-state index in [0.717, 1.165) is 32.0 Å². The molecule has 1 amide bonds. The average Bonchev–Trinajstić information content (AvgIpc) is 3.23. The molecule has 4 rings (SSSR count). The van der Waals surface area contributed by atoms with Gasteiger partial charge in [-0.05, 0) is 19.2 Å². The molecule has 26 heavy (non-hydrogen) atoms. The van der Waals surface area contributed by atoms with Crippen molar-refractivity contribution >= 4 is 17.7 Å². The van der Waals surface area contributed by atoms with E-state index in [4.69, 9.17) is 9.40 Å². The minimum absolute atomic E-state index is 0.0696. The van der Waals surface area contributed by atoms with E-state index in [1.54, 1.807) is 23.2 Å². The van der Waals surface area contributed by atoms with Crippen LogP contribution in [0.25, 0.3) is 0 Å². The fourth-order valence-corrected chi connectivity index (χ4v) is 3.27. The Balaban J connectivity index is 1.38. The third-order valence-corrected chi connectivity index (χ3v) is 4.94. The quantitative estimate of drug-likeness (QED) is 0.769. The highest BCUT2D eigenvalue weighted by molar-refractivity contribution is 5.91. The molecule has 0 spiro atoms. The van der Waals surface area contributed by atoms with Crippen molar-refractivity contribution in [1.29, 1.82) is 0 Å². The fourth-order valence-electron chi connectivity index (χ4n) is 3.27. The monoisotopic (exact) mass is 357 g/mol. The summed E-state index contributed by atoms with van der Waals surface area (Å²) in [5.41, 5.74) is 0. The predicted molar refractivity (Wildman–Crippen MR) is 96.4 cm³/mol. The van der Waals surface area contributed by atoms with Crippen LogP contribution in [0, 0.1) is 0 Å². The smallest absolute Gasteiger partial charge is 0.289 e. The Hall–Kier alpha value is -2.68. The molecule has 4 heterocycles. The summed E-state index contributed by atoms with van der Waals surface area (Å²) in [7, 11) is 2.13. The van der Waals surface area contributed by atoms with Crippen LogP contribution in [0.2, 0.25) is 0 Å². The van der Waals surface area contributed by atoms with Crippen LogP contribution in [0.3, 0.4) is 0 Å². The molecule has 0 aliphatic carbocycles. The summed E-state index contributed by atoms with van der Waals surface area (Å²) in [6.45, 7) is 6.52. The van der Waals surface area contributed by atoms with Crippen molar-refractivity contribution in [2.75, 3.05) is 69.2 Å². The van der Waals surface area contributed by atoms with E-state index in [-0.39, 0.29) is 5.91 Å². The molecule has 0 N–H and O–H groups in total. The molecule has 138 valence electrons. The van der Waals surface area contributed by atoms with E-state index in [2.05, 4.69) is 31.9 Å². The molecule has 0 radical (unpaired) electrons. The van der Waals surface area contributed by atoms with E-state index < -0.39 is 0 Å². The first-order valence-electron chi connectivity index (χ1n) is 8.91. The molecule has 2 aromatic heterocycles. The lowest BCUT2D eigenvalue weighted by Gasteiger charge is -2.35. The second-order valence-electron chi connectivity index (χ2n) is 6.66. The molecule has 0 aromatic carbocycles. The minimum atomic E-state index is -0.0696. The number of anilines is 2. The van der Waals surface area contributed by atoms with E-state index in [1.807, 2.05) is 0 Å². The van der Waals surface area contributed by atoms with Gasteiger partial charge in [0.1, 0.15) is 0 Å². The number of likely N-dealkylation sites (N-methyl/N-ethyl adjacent to an activating group) is 1. The molecule has 0 atom stereocenters. The zero-order valence-corrected chi connectivity index (χ0v) is 14.9. The number of rotatable bonds is 3. The molecule has 0 unspecified atom stereocenters. The van der Waals surface area contributed by atoms with E-state index in [9.17, 15) is 4.79 Å². The van der Waals surface area contributed by atoms with Crippen molar-refractivity contribution in [2.24, 2.45) is 0 Å². The molecule has 2 aromatic rings. The molecule has 0 saturated carbocycles. The number of hydrogen-bond donors (Lipinski definition) is 0. The number of hydrogen-bond acceptors (Lipinski definition) is 8. The van der Waals surface area contributed by atoms with Crippen LogP contribution in [0.1, 0.15) is 10.6 Å². The van der Waals surface area contributed by atoms with Gasteiger partial charge >= 0.3 is 0 Å². The number of furan rings is 1. The summed E-state index contributed by atoms with van der Waals surface area (Å²) >= 11 is 0. The molecule has 9 heteroatoms. The SMILES string of the molecule is CN1CCN(c2cnnc(N3CCN(C(=O)c4ccco4)CC3)n2)CC1. The summed E-state index contributed by atoms with van der Waals surface area (Å²) in [4.78, 5) is 25.5. The van der Waals surface area contributed by atoms with Crippen molar-refractivity contribution in [3.8, 4) is 0 Å². The van der Waals surface area contributed by atoms with Crippen LogP contribution in [0.5, 0.6) is 0 Å². The Kier molecular flexibility index (Phi) is 4.70. The fraction of sp³-hybridized carbons (Fsp3) is 0.529. The van der Waals surface area contributed by atoms with Gasteiger partial charge in [0.2, 0.25) is 5.95 Å². The summed E-state index contributed by atoms with van der Waals surface area (Å²) in [6.07, 6.45) is 3.25. The molecule has 2 saturated heterocycles. The van der Waals surface area contributed by atoms with Gasteiger partial charge in [-0.2, -0.15) is 10.1 Å². The summed E-state index contributed by atoms with van der Waals surface area (Å²) in [5, 5.41) is 8.34. The van der Waals surface area contributed by atoms with Crippen molar-refractivity contribution in [3.63, 3.8) is 0 Å². The van der Waals surface area contributed by atoms with Crippen molar-refractivity contribution < 1.29 is 9.21 Å². The van der Waals surface area contributed by atoms with Gasteiger partial charge in [-0.1, -0.05) is 0 Å². The van der Waals surface area contributed by atoms with Crippen molar-refractivity contribution in [1.82, 2.24) is 25.0 Å². The number of amides is 1. The zero-order valence-electron chi connectivity index (χ0n) is 14.9. The maximum atomic E-state index is 12.4. The topological polar surface area (TPSA) is 81.8 Å². The highest BCUT2D eigenvalue weighted by Crippen LogP contribution is 2.17. The normalized spacial score (nSPS) is 19.0. The van der Waals surface area contributed by atoms with Gasteiger partial charge in [-0.25, -0.2) is 0 Å². The first-order chi connectivity index (χ1) is 12.7. The zero-order chi connectivity index (χ0) is 17.9. The van der Waals surface area contributed by atoms with Gasteiger partial charge in [0.15, 0.2) is 11.6 Å². The number of aromatic nitrogens is 3. The van der Waals surface area contributed by atoms with Crippen molar-refractivity contribution in [2.45, 2.75) is 0 Å². The first-order valence-corrected chi connectivity index (χ1v) is 8.91.